The third-order valence-corrected chi connectivity index (χ3v) is 3.51. The molecule has 0 unspecified atom stereocenters. The molecule has 0 spiro atoms. The molecule has 0 bridgehead atoms. The molecule has 1 heterocycles. The van der Waals surface area contributed by atoms with E-state index in [0.29, 0.717) is 18.2 Å². The van der Waals surface area contributed by atoms with Crippen LogP contribution in [0.4, 0.5) is 11.6 Å². The van der Waals surface area contributed by atoms with Crippen LogP contribution in [0.5, 0.6) is 11.5 Å². The number of amides is 1. The van der Waals surface area contributed by atoms with Gasteiger partial charge in [0.15, 0.2) is 0 Å². The van der Waals surface area contributed by atoms with Gasteiger partial charge in [0, 0.05) is 18.4 Å². The Bertz CT molecular complexity index is 851. The van der Waals surface area contributed by atoms with Crippen molar-refractivity contribution in [2.24, 2.45) is 0 Å². The average Bonchev–Trinajstić information content (AvgIpc) is 2.69. The molecule has 0 aliphatic rings. The number of benzene rings is 2. The predicted molar refractivity (Wildman–Crippen MR) is 101 cm³/mol. The first-order chi connectivity index (χ1) is 12.7. The molecule has 132 valence electrons. The molecule has 3 aromatic rings. The van der Waals surface area contributed by atoms with Gasteiger partial charge < -0.3 is 15.4 Å². The highest BCUT2D eigenvalue weighted by atomic mass is 16.5. The van der Waals surface area contributed by atoms with E-state index in [9.17, 15) is 4.79 Å². The summed E-state index contributed by atoms with van der Waals surface area (Å²) in [5, 5.41) is 5.89. The van der Waals surface area contributed by atoms with Gasteiger partial charge in [-0.05, 0) is 48.9 Å². The topological polar surface area (TPSA) is 76.1 Å². The molecule has 0 aliphatic carbocycles. The lowest BCUT2D eigenvalue weighted by atomic mass is 10.3. The van der Waals surface area contributed by atoms with Crippen LogP contribution in [0.3, 0.4) is 0 Å². The summed E-state index contributed by atoms with van der Waals surface area (Å²) in [5.74, 6) is 1.67. The van der Waals surface area contributed by atoms with E-state index in [1.807, 2.05) is 61.5 Å². The van der Waals surface area contributed by atoms with Crippen LogP contribution in [0.25, 0.3) is 0 Å². The summed E-state index contributed by atoms with van der Waals surface area (Å²) in [5.41, 5.74) is 1.14. The quantitative estimate of drug-likeness (QED) is 0.671. The van der Waals surface area contributed by atoms with Crippen LogP contribution >= 0.6 is 0 Å². The van der Waals surface area contributed by atoms with Crippen LogP contribution in [-0.2, 0) is 0 Å². The molecule has 26 heavy (non-hydrogen) atoms. The number of aromatic nitrogens is 2. The maximum Gasteiger partial charge on any atom is 0.270 e. The third-order valence-electron chi connectivity index (χ3n) is 3.51. The van der Waals surface area contributed by atoms with E-state index in [2.05, 4.69) is 20.6 Å². The van der Waals surface area contributed by atoms with E-state index in [-0.39, 0.29) is 5.91 Å². The number of anilines is 2. The van der Waals surface area contributed by atoms with E-state index in [1.165, 1.54) is 0 Å². The lowest BCUT2D eigenvalue weighted by Gasteiger charge is -2.09. The molecule has 6 nitrogen and oxygen atoms in total. The Hall–Kier alpha value is -3.41. The number of nitrogens with one attached hydrogen (secondary N) is 2. The molecule has 1 amide bonds. The lowest BCUT2D eigenvalue weighted by molar-refractivity contribution is 0.0948. The second-order valence-electron chi connectivity index (χ2n) is 5.59. The maximum absolute atomic E-state index is 12.0. The Labute approximate surface area is 152 Å². The molecule has 1 aromatic heterocycles. The molecular formula is C20H20N4O2. The van der Waals surface area contributed by atoms with Crippen LogP contribution < -0.4 is 15.4 Å². The summed E-state index contributed by atoms with van der Waals surface area (Å²) in [6.45, 7) is 2.62. The minimum atomic E-state index is -0.205. The van der Waals surface area contributed by atoms with Crippen molar-refractivity contribution >= 4 is 17.5 Å². The van der Waals surface area contributed by atoms with Crippen LogP contribution in [-0.4, -0.2) is 22.4 Å². The minimum absolute atomic E-state index is 0.205. The second kappa shape index (κ2) is 8.62. The zero-order chi connectivity index (χ0) is 18.2. The van der Waals surface area contributed by atoms with Crippen molar-refractivity contribution in [1.29, 1.82) is 0 Å². The van der Waals surface area contributed by atoms with E-state index >= 15 is 0 Å². The molecule has 6 heteroatoms. The van der Waals surface area contributed by atoms with Crippen molar-refractivity contribution < 1.29 is 9.53 Å². The fourth-order valence-corrected chi connectivity index (χ4v) is 2.23. The Morgan fingerprint density at radius 1 is 1.00 bits per heavy atom. The smallest absolute Gasteiger partial charge is 0.270 e. The highest BCUT2D eigenvalue weighted by Crippen LogP contribution is 2.23. The first-order valence-corrected chi connectivity index (χ1v) is 8.46. The summed E-state index contributed by atoms with van der Waals surface area (Å²) in [6.07, 6.45) is 2.43. The lowest BCUT2D eigenvalue weighted by Crippen LogP contribution is -2.25. The van der Waals surface area contributed by atoms with Crippen molar-refractivity contribution in [3.05, 3.63) is 72.6 Å². The number of carbonyl (C=O) groups excluding carboxylic acids is 1. The molecule has 0 aliphatic heterocycles. The highest BCUT2D eigenvalue weighted by molar-refractivity contribution is 5.92. The average molecular weight is 348 g/mol. The van der Waals surface area contributed by atoms with Gasteiger partial charge in [-0.25, -0.2) is 9.97 Å². The molecule has 2 aromatic carbocycles. The number of para-hydroxylation sites is 1. The van der Waals surface area contributed by atoms with Gasteiger partial charge in [0.05, 0.1) is 0 Å². The minimum Gasteiger partial charge on any atom is -0.457 e. The van der Waals surface area contributed by atoms with Gasteiger partial charge in [0.2, 0.25) is 5.95 Å². The van der Waals surface area contributed by atoms with Crippen LogP contribution in [0, 0.1) is 0 Å². The molecule has 2 N–H and O–H groups in total. The summed E-state index contributed by atoms with van der Waals surface area (Å²) in [4.78, 5) is 20.4. The summed E-state index contributed by atoms with van der Waals surface area (Å²) >= 11 is 0. The number of hydrogen-bond acceptors (Lipinski definition) is 5. The number of hydrogen-bond donors (Lipinski definition) is 2. The highest BCUT2D eigenvalue weighted by Gasteiger charge is 2.08. The largest absolute Gasteiger partial charge is 0.457 e. The Morgan fingerprint density at radius 3 is 2.46 bits per heavy atom. The number of rotatable bonds is 7. The summed E-state index contributed by atoms with van der Waals surface area (Å²) < 4.78 is 5.76. The zero-order valence-electron chi connectivity index (χ0n) is 14.5. The van der Waals surface area contributed by atoms with Crippen molar-refractivity contribution in [3.8, 4) is 11.5 Å². The van der Waals surface area contributed by atoms with Crippen LogP contribution in [0.1, 0.15) is 23.8 Å². The van der Waals surface area contributed by atoms with Crippen molar-refractivity contribution in [1.82, 2.24) is 15.3 Å². The molecule has 0 fully saturated rings. The van der Waals surface area contributed by atoms with E-state index in [1.54, 1.807) is 12.3 Å². The van der Waals surface area contributed by atoms with Gasteiger partial charge in [-0.3, -0.25) is 4.79 Å². The van der Waals surface area contributed by atoms with Crippen LogP contribution in [0.2, 0.25) is 0 Å². The summed E-state index contributed by atoms with van der Waals surface area (Å²) in [7, 11) is 0. The zero-order valence-corrected chi connectivity index (χ0v) is 14.5. The van der Waals surface area contributed by atoms with Crippen molar-refractivity contribution in [3.63, 3.8) is 0 Å². The van der Waals surface area contributed by atoms with Gasteiger partial charge in [0.1, 0.15) is 17.2 Å². The molecule has 3 rings (SSSR count). The Morgan fingerprint density at radius 2 is 1.73 bits per heavy atom. The third kappa shape index (κ3) is 4.80. The van der Waals surface area contributed by atoms with E-state index < -0.39 is 0 Å². The molecule has 0 saturated heterocycles. The predicted octanol–water partition coefficient (Wildman–Crippen LogP) is 4.15. The first-order valence-electron chi connectivity index (χ1n) is 8.46. The number of carbonyl (C=O) groups is 1. The molecule has 0 saturated carbocycles. The van der Waals surface area contributed by atoms with Crippen molar-refractivity contribution in [2.45, 2.75) is 13.3 Å². The number of nitrogens with zero attached hydrogens (tertiary/aromatic N) is 2. The molecule has 0 radical (unpaired) electrons. The first kappa shape index (κ1) is 17.4. The van der Waals surface area contributed by atoms with Gasteiger partial charge in [0.25, 0.3) is 5.91 Å². The Balaban J connectivity index is 1.64. The van der Waals surface area contributed by atoms with Gasteiger partial charge in [-0.1, -0.05) is 25.1 Å². The normalized spacial score (nSPS) is 10.2. The number of ether oxygens (including phenoxy) is 1. The second-order valence-corrected chi connectivity index (χ2v) is 5.59. The fraction of sp³-hybridized carbons (Fsp3) is 0.150. The fourth-order valence-electron chi connectivity index (χ4n) is 2.23. The standard InChI is InChI=1S/C20H20N4O2/c1-2-13-21-19(25)18-12-14-22-20(24-18)23-15-8-10-17(11-9-15)26-16-6-4-3-5-7-16/h3-12,14H,2,13H2,1H3,(H,21,25)(H,22,23,24). The van der Waals surface area contributed by atoms with Gasteiger partial charge >= 0.3 is 0 Å². The SMILES string of the molecule is CCCNC(=O)c1ccnc(Nc2ccc(Oc3ccccc3)cc2)n1. The van der Waals surface area contributed by atoms with E-state index in [4.69, 9.17) is 4.74 Å². The maximum atomic E-state index is 12.0. The Kier molecular flexibility index (Phi) is 5.77. The monoisotopic (exact) mass is 348 g/mol. The van der Waals surface area contributed by atoms with Gasteiger partial charge in [-0.2, -0.15) is 0 Å². The van der Waals surface area contributed by atoms with E-state index in [0.717, 1.165) is 23.6 Å². The van der Waals surface area contributed by atoms with Crippen molar-refractivity contribution in [2.75, 3.05) is 11.9 Å². The van der Waals surface area contributed by atoms with Crippen LogP contribution in [0.15, 0.2) is 66.9 Å². The summed E-state index contributed by atoms with van der Waals surface area (Å²) in [6, 6.07) is 18.6. The molecule has 0 atom stereocenters. The molecular weight excluding hydrogens is 328 g/mol. The van der Waals surface area contributed by atoms with Gasteiger partial charge in [-0.15, -0.1) is 0 Å².